The lowest BCUT2D eigenvalue weighted by Crippen LogP contribution is -3.14. The summed E-state index contributed by atoms with van der Waals surface area (Å²) in [6.07, 6.45) is 0.967. The van der Waals surface area contributed by atoms with E-state index in [0.717, 1.165) is 39.3 Å². The molecular weight excluding hydrogens is 266 g/mol. The van der Waals surface area contributed by atoms with E-state index in [2.05, 4.69) is 6.92 Å². The molecule has 1 fully saturated rings. The minimum Gasteiger partial charge on any atom is -0.458 e. The van der Waals surface area contributed by atoms with Crippen LogP contribution in [0.2, 0.25) is 0 Å². The number of hydrogen-bond acceptors (Lipinski definition) is 3. The van der Waals surface area contributed by atoms with E-state index in [1.165, 1.54) is 0 Å². The molecule has 2 rings (SSSR count). The highest BCUT2D eigenvalue weighted by Gasteiger charge is 2.31. The van der Waals surface area contributed by atoms with Gasteiger partial charge in [-0.1, -0.05) is 25.1 Å². The Balaban J connectivity index is 1.79. The van der Waals surface area contributed by atoms with Gasteiger partial charge in [0.1, 0.15) is 12.6 Å². The van der Waals surface area contributed by atoms with Gasteiger partial charge in [-0.05, 0) is 19.1 Å². The molecule has 4 heteroatoms. The van der Waals surface area contributed by atoms with Crippen LogP contribution < -0.4 is 4.90 Å². The zero-order valence-corrected chi connectivity index (χ0v) is 13.0. The van der Waals surface area contributed by atoms with Crippen LogP contribution >= 0.6 is 0 Å². The van der Waals surface area contributed by atoms with Gasteiger partial charge in [0.25, 0.3) is 0 Å². The number of ether oxygens (including phenoxy) is 2. The molecule has 1 N–H and O–H groups in total. The second-order valence-corrected chi connectivity index (χ2v) is 5.73. The fourth-order valence-electron chi connectivity index (χ4n) is 2.86. The highest BCUT2D eigenvalue weighted by atomic mass is 16.5. The van der Waals surface area contributed by atoms with Gasteiger partial charge in [-0.25, -0.2) is 4.79 Å². The standard InChI is InChI=1S/C17H25NO3/c1-3-20-12-11-18-10-9-16(14(2)13-18)21-17(19)15-7-5-4-6-8-15/h4-8,14,16H,3,9-13H2,1-2H3/p+1. The molecule has 1 saturated heterocycles. The predicted octanol–water partition coefficient (Wildman–Crippen LogP) is 1.17. The number of nitrogens with one attached hydrogen (secondary N) is 1. The largest absolute Gasteiger partial charge is 0.458 e. The quantitative estimate of drug-likeness (QED) is 0.632. The van der Waals surface area contributed by atoms with Gasteiger partial charge in [-0.15, -0.1) is 0 Å². The van der Waals surface area contributed by atoms with Crippen molar-refractivity contribution in [2.75, 3.05) is 32.8 Å². The third-order valence-corrected chi connectivity index (χ3v) is 4.10. The van der Waals surface area contributed by atoms with Crippen LogP contribution in [0.15, 0.2) is 30.3 Å². The highest BCUT2D eigenvalue weighted by Crippen LogP contribution is 2.15. The summed E-state index contributed by atoms with van der Waals surface area (Å²) in [4.78, 5) is 13.6. The summed E-state index contributed by atoms with van der Waals surface area (Å²) in [5.74, 6) is 0.188. The van der Waals surface area contributed by atoms with Gasteiger partial charge >= 0.3 is 5.97 Å². The first kappa shape index (κ1) is 16.0. The van der Waals surface area contributed by atoms with Gasteiger partial charge in [0.05, 0.1) is 25.3 Å². The zero-order valence-electron chi connectivity index (χ0n) is 13.0. The summed E-state index contributed by atoms with van der Waals surface area (Å²) >= 11 is 0. The fraction of sp³-hybridized carbons (Fsp3) is 0.588. The number of benzene rings is 1. The second-order valence-electron chi connectivity index (χ2n) is 5.73. The number of carbonyl (C=O) groups excluding carboxylic acids is 1. The SMILES string of the molecule is CCOCC[NH+]1CCC(OC(=O)c2ccccc2)C(C)C1. The van der Waals surface area contributed by atoms with Gasteiger partial charge in [-0.3, -0.25) is 0 Å². The summed E-state index contributed by atoms with van der Waals surface area (Å²) in [6, 6.07) is 9.23. The molecule has 21 heavy (non-hydrogen) atoms. The van der Waals surface area contributed by atoms with E-state index in [-0.39, 0.29) is 12.1 Å². The summed E-state index contributed by atoms with van der Waals surface area (Å²) in [6.45, 7) is 8.91. The van der Waals surface area contributed by atoms with Crippen molar-refractivity contribution >= 4 is 5.97 Å². The molecule has 0 amide bonds. The van der Waals surface area contributed by atoms with Crippen molar-refractivity contribution in [1.29, 1.82) is 0 Å². The maximum atomic E-state index is 12.1. The topological polar surface area (TPSA) is 40.0 Å². The number of carbonyl (C=O) groups is 1. The third-order valence-electron chi connectivity index (χ3n) is 4.10. The van der Waals surface area contributed by atoms with E-state index in [1.54, 1.807) is 17.0 Å². The first-order valence-corrected chi connectivity index (χ1v) is 7.88. The normalized spacial score (nSPS) is 25.5. The van der Waals surface area contributed by atoms with Crippen molar-refractivity contribution in [3.8, 4) is 0 Å². The van der Waals surface area contributed by atoms with Crippen molar-refractivity contribution in [2.45, 2.75) is 26.4 Å². The van der Waals surface area contributed by atoms with E-state index in [4.69, 9.17) is 9.47 Å². The van der Waals surface area contributed by atoms with Crippen molar-refractivity contribution < 1.29 is 19.2 Å². The highest BCUT2D eigenvalue weighted by molar-refractivity contribution is 5.89. The molecule has 4 nitrogen and oxygen atoms in total. The maximum absolute atomic E-state index is 12.1. The second kappa shape index (κ2) is 8.15. The molecule has 0 bridgehead atoms. The Hall–Kier alpha value is -1.39. The Kier molecular flexibility index (Phi) is 6.21. The number of esters is 1. The Bertz CT molecular complexity index is 435. The van der Waals surface area contributed by atoms with Crippen LogP contribution in [-0.2, 0) is 9.47 Å². The van der Waals surface area contributed by atoms with Crippen LogP contribution in [0.5, 0.6) is 0 Å². The summed E-state index contributed by atoms with van der Waals surface area (Å²) < 4.78 is 11.1. The monoisotopic (exact) mass is 292 g/mol. The lowest BCUT2D eigenvalue weighted by Gasteiger charge is -2.33. The molecule has 1 aliphatic heterocycles. The Labute approximate surface area is 127 Å². The van der Waals surface area contributed by atoms with Crippen molar-refractivity contribution in [1.82, 2.24) is 0 Å². The van der Waals surface area contributed by atoms with Crippen molar-refractivity contribution in [2.24, 2.45) is 5.92 Å². The molecule has 0 aromatic heterocycles. The maximum Gasteiger partial charge on any atom is 0.338 e. The molecule has 1 aliphatic rings. The van der Waals surface area contributed by atoms with Crippen LogP contribution in [0.4, 0.5) is 0 Å². The van der Waals surface area contributed by atoms with Crippen molar-refractivity contribution in [3.63, 3.8) is 0 Å². The van der Waals surface area contributed by atoms with Crippen LogP contribution in [0.25, 0.3) is 0 Å². The van der Waals surface area contributed by atoms with E-state index in [1.807, 2.05) is 25.1 Å². The number of quaternary nitrogens is 1. The van der Waals surface area contributed by atoms with Gasteiger partial charge in [0.2, 0.25) is 0 Å². The van der Waals surface area contributed by atoms with E-state index in [9.17, 15) is 4.79 Å². The molecule has 0 spiro atoms. The van der Waals surface area contributed by atoms with E-state index >= 15 is 0 Å². The molecule has 3 atom stereocenters. The van der Waals surface area contributed by atoms with Crippen LogP contribution in [0.1, 0.15) is 30.6 Å². The minimum absolute atomic E-state index is 0.0357. The first-order chi connectivity index (χ1) is 10.2. The average Bonchev–Trinajstić information content (AvgIpc) is 2.51. The van der Waals surface area contributed by atoms with Gasteiger partial charge in [0.15, 0.2) is 0 Å². The summed E-state index contributed by atoms with van der Waals surface area (Å²) in [7, 11) is 0. The molecule has 1 aromatic rings. The predicted molar refractivity (Wildman–Crippen MR) is 81.5 cm³/mol. The minimum atomic E-state index is -0.204. The van der Waals surface area contributed by atoms with E-state index in [0.29, 0.717) is 11.5 Å². The molecule has 0 saturated carbocycles. The molecule has 0 radical (unpaired) electrons. The molecule has 1 heterocycles. The zero-order chi connectivity index (χ0) is 15.1. The molecule has 3 unspecified atom stereocenters. The third kappa shape index (κ3) is 4.83. The molecule has 1 aromatic carbocycles. The lowest BCUT2D eigenvalue weighted by molar-refractivity contribution is -0.910. The summed E-state index contributed by atoms with van der Waals surface area (Å²) in [5.41, 5.74) is 0.635. The Morgan fingerprint density at radius 2 is 2.10 bits per heavy atom. The first-order valence-electron chi connectivity index (χ1n) is 7.88. The fourth-order valence-corrected chi connectivity index (χ4v) is 2.86. The number of hydrogen-bond donors (Lipinski definition) is 1. The molecular formula is C17H26NO3+. The van der Waals surface area contributed by atoms with Gasteiger partial charge < -0.3 is 14.4 Å². The summed E-state index contributed by atoms with van der Waals surface area (Å²) in [5, 5.41) is 0. The number of likely N-dealkylation sites (tertiary alicyclic amines) is 1. The van der Waals surface area contributed by atoms with Crippen LogP contribution in [0.3, 0.4) is 0 Å². The van der Waals surface area contributed by atoms with Crippen molar-refractivity contribution in [3.05, 3.63) is 35.9 Å². The molecule has 116 valence electrons. The lowest BCUT2D eigenvalue weighted by atomic mass is 9.96. The Morgan fingerprint density at radius 3 is 2.76 bits per heavy atom. The smallest absolute Gasteiger partial charge is 0.338 e. The van der Waals surface area contributed by atoms with Gasteiger partial charge in [-0.2, -0.15) is 0 Å². The van der Waals surface area contributed by atoms with Crippen LogP contribution in [-0.4, -0.2) is 44.9 Å². The Morgan fingerprint density at radius 1 is 1.33 bits per heavy atom. The molecule has 0 aliphatic carbocycles. The van der Waals surface area contributed by atoms with E-state index < -0.39 is 0 Å². The number of piperidine rings is 1. The number of rotatable bonds is 6. The average molecular weight is 292 g/mol. The van der Waals surface area contributed by atoms with Gasteiger partial charge in [0, 0.05) is 18.9 Å². The van der Waals surface area contributed by atoms with Crippen LogP contribution in [0, 0.1) is 5.92 Å².